The lowest BCUT2D eigenvalue weighted by Gasteiger charge is -2.13. The fourth-order valence-electron chi connectivity index (χ4n) is 1.41. The van der Waals surface area contributed by atoms with Gasteiger partial charge in [0.2, 0.25) is 0 Å². The quantitative estimate of drug-likeness (QED) is 0.597. The largest absolute Gasteiger partial charge is 0.493 e. The van der Waals surface area contributed by atoms with Crippen LogP contribution in [0.5, 0.6) is 11.5 Å². The average molecular weight is 317 g/mol. The molecule has 0 aliphatic carbocycles. The number of hydrogen-bond donors (Lipinski definition) is 0. The Labute approximate surface area is 115 Å². The number of ether oxygens (including phenoxy) is 3. The SMILES string of the molecule is CCc1ccc(OCC(Br)C(=O)OC)c(OC)c1. The molecular formula is C13H17BrO4. The number of aryl methyl sites for hydroxylation is 1. The first-order chi connectivity index (χ1) is 8.62. The predicted molar refractivity (Wildman–Crippen MR) is 72.6 cm³/mol. The van der Waals surface area contributed by atoms with E-state index in [1.807, 2.05) is 18.2 Å². The van der Waals surface area contributed by atoms with Crippen molar-refractivity contribution in [3.63, 3.8) is 0 Å². The van der Waals surface area contributed by atoms with Gasteiger partial charge in [-0.15, -0.1) is 0 Å². The number of halogens is 1. The summed E-state index contributed by atoms with van der Waals surface area (Å²) in [6.07, 6.45) is 0.930. The van der Waals surface area contributed by atoms with Crippen molar-refractivity contribution in [2.75, 3.05) is 20.8 Å². The fourth-order valence-corrected chi connectivity index (χ4v) is 1.73. The molecule has 0 saturated heterocycles. The van der Waals surface area contributed by atoms with Crippen molar-refractivity contribution in [1.82, 2.24) is 0 Å². The number of alkyl halides is 1. The van der Waals surface area contributed by atoms with E-state index < -0.39 is 4.83 Å². The fraction of sp³-hybridized carbons (Fsp3) is 0.462. The monoisotopic (exact) mass is 316 g/mol. The lowest BCUT2D eigenvalue weighted by atomic mass is 10.1. The van der Waals surface area contributed by atoms with Gasteiger partial charge >= 0.3 is 5.97 Å². The van der Waals surface area contributed by atoms with Crippen LogP contribution >= 0.6 is 15.9 Å². The highest BCUT2D eigenvalue weighted by Gasteiger charge is 2.17. The highest BCUT2D eigenvalue weighted by molar-refractivity contribution is 9.10. The Kier molecular flexibility index (Phi) is 5.98. The minimum absolute atomic E-state index is 0.189. The molecule has 0 spiro atoms. The summed E-state index contributed by atoms with van der Waals surface area (Å²) in [6, 6.07) is 5.74. The van der Waals surface area contributed by atoms with E-state index in [1.165, 1.54) is 12.7 Å². The molecule has 1 rings (SSSR count). The van der Waals surface area contributed by atoms with E-state index in [0.29, 0.717) is 11.5 Å². The van der Waals surface area contributed by atoms with Crippen LogP contribution in [0.2, 0.25) is 0 Å². The van der Waals surface area contributed by atoms with Gasteiger partial charge in [0, 0.05) is 0 Å². The summed E-state index contributed by atoms with van der Waals surface area (Å²) < 4.78 is 15.4. The molecule has 1 aromatic carbocycles. The van der Waals surface area contributed by atoms with Gasteiger partial charge in [-0.25, -0.2) is 0 Å². The summed E-state index contributed by atoms with van der Waals surface area (Å²) in [5, 5.41) is 0. The molecule has 0 amide bonds. The van der Waals surface area contributed by atoms with E-state index >= 15 is 0 Å². The molecule has 0 aromatic heterocycles. The second kappa shape index (κ2) is 7.26. The molecule has 0 N–H and O–H groups in total. The molecule has 0 heterocycles. The van der Waals surface area contributed by atoms with E-state index in [-0.39, 0.29) is 12.6 Å². The number of methoxy groups -OCH3 is 2. The summed E-state index contributed by atoms with van der Waals surface area (Å²) in [4.78, 5) is 10.7. The summed E-state index contributed by atoms with van der Waals surface area (Å²) >= 11 is 3.20. The van der Waals surface area contributed by atoms with Gasteiger partial charge in [-0.3, -0.25) is 4.79 Å². The molecule has 18 heavy (non-hydrogen) atoms. The molecule has 0 aliphatic rings. The number of benzene rings is 1. The van der Waals surface area contributed by atoms with Crippen molar-refractivity contribution in [3.8, 4) is 11.5 Å². The van der Waals surface area contributed by atoms with Crippen LogP contribution in [0, 0.1) is 0 Å². The summed E-state index contributed by atoms with van der Waals surface area (Å²) in [5.74, 6) is 0.918. The predicted octanol–water partition coefficient (Wildman–Crippen LogP) is 2.57. The molecule has 1 atom stereocenters. The van der Waals surface area contributed by atoms with Gasteiger partial charge in [0.15, 0.2) is 11.5 Å². The molecule has 5 heteroatoms. The number of hydrogen-bond acceptors (Lipinski definition) is 4. The molecule has 1 aromatic rings. The molecule has 0 bridgehead atoms. The normalized spacial score (nSPS) is 11.8. The first-order valence-electron chi connectivity index (χ1n) is 5.64. The third-order valence-electron chi connectivity index (χ3n) is 2.48. The topological polar surface area (TPSA) is 44.8 Å². The van der Waals surface area contributed by atoms with Crippen LogP contribution in [-0.2, 0) is 16.0 Å². The Bertz CT molecular complexity index is 406. The van der Waals surface area contributed by atoms with Crippen molar-refractivity contribution in [1.29, 1.82) is 0 Å². The van der Waals surface area contributed by atoms with Crippen molar-refractivity contribution >= 4 is 21.9 Å². The minimum Gasteiger partial charge on any atom is -0.493 e. The smallest absolute Gasteiger partial charge is 0.322 e. The Morgan fingerprint density at radius 2 is 2.06 bits per heavy atom. The van der Waals surface area contributed by atoms with Crippen LogP contribution < -0.4 is 9.47 Å². The van der Waals surface area contributed by atoms with Gasteiger partial charge in [-0.1, -0.05) is 28.9 Å². The second-order valence-electron chi connectivity index (χ2n) is 3.64. The zero-order valence-electron chi connectivity index (χ0n) is 10.7. The Hall–Kier alpha value is -1.23. The van der Waals surface area contributed by atoms with Crippen molar-refractivity contribution in [2.45, 2.75) is 18.2 Å². The Morgan fingerprint density at radius 1 is 1.33 bits per heavy atom. The number of esters is 1. The Balaban J connectivity index is 2.69. The maximum Gasteiger partial charge on any atom is 0.322 e. The van der Waals surface area contributed by atoms with Gasteiger partial charge < -0.3 is 14.2 Å². The highest BCUT2D eigenvalue weighted by atomic mass is 79.9. The van der Waals surface area contributed by atoms with Crippen molar-refractivity contribution < 1.29 is 19.0 Å². The molecule has 4 nitrogen and oxygen atoms in total. The zero-order valence-corrected chi connectivity index (χ0v) is 12.3. The Morgan fingerprint density at radius 3 is 2.61 bits per heavy atom. The first-order valence-corrected chi connectivity index (χ1v) is 6.55. The molecule has 0 fully saturated rings. The molecule has 1 unspecified atom stereocenters. The summed E-state index contributed by atoms with van der Waals surface area (Å²) in [7, 11) is 2.93. The van der Waals surface area contributed by atoms with E-state index in [9.17, 15) is 4.79 Å². The van der Waals surface area contributed by atoms with Crippen LogP contribution in [0.4, 0.5) is 0 Å². The average Bonchev–Trinajstić information content (AvgIpc) is 2.43. The molecule has 0 aliphatic heterocycles. The van der Waals surface area contributed by atoms with Crippen molar-refractivity contribution in [3.05, 3.63) is 23.8 Å². The van der Waals surface area contributed by atoms with Gasteiger partial charge in [-0.05, 0) is 24.1 Å². The third-order valence-corrected chi connectivity index (χ3v) is 3.12. The molecule has 0 saturated carbocycles. The third kappa shape index (κ3) is 3.91. The van der Waals surface area contributed by atoms with E-state index in [1.54, 1.807) is 7.11 Å². The van der Waals surface area contributed by atoms with Crippen LogP contribution in [0.25, 0.3) is 0 Å². The zero-order chi connectivity index (χ0) is 13.5. The van der Waals surface area contributed by atoms with Crippen LogP contribution in [0.15, 0.2) is 18.2 Å². The molecular weight excluding hydrogens is 300 g/mol. The standard InChI is InChI=1S/C13H17BrO4/c1-4-9-5-6-11(12(7-9)16-2)18-8-10(14)13(15)17-3/h5-7,10H,4,8H2,1-3H3. The van der Waals surface area contributed by atoms with Crippen LogP contribution in [0.1, 0.15) is 12.5 Å². The molecule has 0 radical (unpaired) electrons. The van der Waals surface area contributed by atoms with E-state index in [0.717, 1.165) is 6.42 Å². The van der Waals surface area contributed by atoms with Crippen LogP contribution in [0.3, 0.4) is 0 Å². The van der Waals surface area contributed by atoms with Gasteiger partial charge in [0.1, 0.15) is 11.4 Å². The van der Waals surface area contributed by atoms with Gasteiger partial charge in [-0.2, -0.15) is 0 Å². The van der Waals surface area contributed by atoms with Crippen LogP contribution in [-0.4, -0.2) is 31.6 Å². The number of rotatable bonds is 6. The van der Waals surface area contributed by atoms with Crippen molar-refractivity contribution in [2.24, 2.45) is 0 Å². The highest BCUT2D eigenvalue weighted by Crippen LogP contribution is 2.28. The maximum absolute atomic E-state index is 11.2. The molecule has 100 valence electrons. The number of carbonyl (C=O) groups excluding carboxylic acids is 1. The summed E-state index contributed by atoms with van der Waals surface area (Å²) in [6.45, 7) is 2.26. The minimum atomic E-state index is -0.488. The lowest BCUT2D eigenvalue weighted by molar-refractivity contribution is -0.140. The lowest BCUT2D eigenvalue weighted by Crippen LogP contribution is -2.23. The van der Waals surface area contributed by atoms with E-state index in [2.05, 4.69) is 27.6 Å². The van der Waals surface area contributed by atoms with Gasteiger partial charge in [0.05, 0.1) is 14.2 Å². The number of carbonyl (C=O) groups is 1. The van der Waals surface area contributed by atoms with E-state index in [4.69, 9.17) is 9.47 Å². The second-order valence-corrected chi connectivity index (χ2v) is 4.75. The maximum atomic E-state index is 11.2. The van der Waals surface area contributed by atoms with Gasteiger partial charge in [0.25, 0.3) is 0 Å². The first kappa shape index (κ1) is 14.8. The summed E-state index contributed by atoms with van der Waals surface area (Å²) in [5.41, 5.74) is 1.17.